The monoisotopic (exact) mass is 176 g/mol. The maximum Gasteiger partial charge on any atom is 0.136 e. The average Bonchev–Trinajstić information content (AvgIpc) is 2.60. The van der Waals surface area contributed by atoms with Gasteiger partial charge in [-0.3, -0.25) is 0 Å². The SMILES string of the molecule is COC(C)c1cnc2ccccn12. The normalized spacial score (nSPS) is 13.4. The largest absolute Gasteiger partial charge is 0.375 e. The van der Waals surface area contributed by atoms with Crippen LogP contribution in [0, 0.1) is 0 Å². The highest BCUT2D eigenvalue weighted by Crippen LogP contribution is 2.16. The molecule has 2 aromatic rings. The summed E-state index contributed by atoms with van der Waals surface area (Å²) in [6.07, 6.45) is 3.92. The first kappa shape index (κ1) is 8.26. The number of nitrogens with zero attached hydrogens (tertiary/aromatic N) is 2. The Morgan fingerprint density at radius 3 is 3.08 bits per heavy atom. The van der Waals surface area contributed by atoms with Crippen LogP contribution in [0.3, 0.4) is 0 Å². The molecule has 1 unspecified atom stereocenters. The van der Waals surface area contributed by atoms with E-state index in [4.69, 9.17) is 4.74 Å². The quantitative estimate of drug-likeness (QED) is 0.700. The van der Waals surface area contributed by atoms with Crippen LogP contribution in [0.15, 0.2) is 30.6 Å². The van der Waals surface area contributed by atoms with Gasteiger partial charge in [0.1, 0.15) is 5.65 Å². The molecule has 0 amide bonds. The smallest absolute Gasteiger partial charge is 0.136 e. The summed E-state index contributed by atoms with van der Waals surface area (Å²) in [4.78, 5) is 4.27. The molecule has 0 saturated heterocycles. The second kappa shape index (κ2) is 3.18. The Balaban J connectivity index is 2.57. The molecule has 0 aliphatic carbocycles. The van der Waals surface area contributed by atoms with E-state index in [0.717, 1.165) is 11.3 Å². The predicted octanol–water partition coefficient (Wildman–Crippen LogP) is 2.04. The molecule has 3 heteroatoms. The third-order valence-electron chi connectivity index (χ3n) is 2.22. The lowest BCUT2D eigenvalue weighted by Gasteiger charge is -2.08. The molecule has 1 atom stereocenters. The highest BCUT2D eigenvalue weighted by Gasteiger charge is 2.08. The molecule has 0 bridgehead atoms. The van der Waals surface area contributed by atoms with E-state index >= 15 is 0 Å². The number of fused-ring (bicyclic) bond motifs is 1. The van der Waals surface area contributed by atoms with Gasteiger partial charge in [-0.25, -0.2) is 4.98 Å². The molecule has 68 valence electrons. The van der Waals surface area contributed by atoms with Gasteiger partial charge in [0.15, 0.2) is 0 Å². The average molecular weight is 176 g/mol. The molecule has 0 aromatic carbocycles. The zero-order chi connectivity index (χ0) is 9.26. The molecule has 2 heterocycles. The molecule has 0 radical (unpaired) electrons. The highest BCUT2D eigenvalue weighted by molar-refractivity contribution is 5.40. The minimum Gasteiger partial charge on any atom is -0.375 e. The van der Waals surface area contributed by atoms with Crippen molar-refractivity contribution in [2.45, 2.75) is 13.0 Å². The summed E-state index contributed by atoms with van der Waals surface area (Å²) in [5.74, 6) is 0. The first-order valence-corrected chi connectivity index (χ1v) is 4.27. The molecular weight excluding hydrogens is 164 g/mol. The second-order valence-corrected chi connectivity index (χ2v) is 2.99. The number of hydrogen-bond donors (Lipinski definition) is 0. The number of rotatable bonds is 2. The molecule has 13 heavy (non-hydrogen) atoms. The van der Waals surface area contributed by atoms with Crippen molar-refractivity contribution in [1.82, 2.24) is 9.38 Å². The Bertz CT molecular complexity index is 408. The molecule has 2 aromatic heterocycles. The lowest BCUT2D eigenvalue weighted by molar-refractivity contribution is 0.115. The number of methoxy groups -OCH3 is 1. The Morgan fingerprint density at radius 1 is 1.46 bits per heavy atom. The van der Waals surface area contributed by atoms with E-state index in [1.165, 1.54) is 0 Å². The number of ether oxygens (including phenoxy) is 1. The Labute approximate surface area is 77.0 Å². The van der Waals surface area contributed by atoms with Crippen LogP contribution in [0.4, 0.5) is 0 Å². The number of imidazole rings is 1. The van der Waals surface area contributed by atoms with Crippen LogP contribution in [0.25, 0.3) is 5.65 Å². The van der Waals surface area contributed by atoms with Crippen molar-refractivity contribution in [2.75, 3.05) is 7.11 Å². The van der Waals surface area contributed by atoms with E-state index in [1.54, 1.807) is 7.11 Å². The fourth-order valence-corrected chi connectivity index (χ4v) is 1.37. The minimum absolute atomic E-state index is 0.0809. The summed E-state index contributed by atoms with van der Waals surface area (Å²) in [6, 6.07) is 5.94. The summed E-state index contributed by atoms with van der Waals surface area (Å²) in [7, 11) is 1.70. The second-order valence-electron chi connectivity index (χ2n) is 2.99. The fraction of sp³-hybridized carbons (Fsp3) is 0.300. The molecule has 0 fully saturated rings. The van der Waals surface area contributed by atoms with E-state index < -0.39 is 0 Å². The molecule has 0 N–H and O–H groups in total. The number of hydrogen-bond acceptors (Lipinski definition) is 2. The predicted molar refractivity (Wildman–Crippen MR) is 50.6 cm³/mol. The van der Waals surface area contributed by atoms with Crippen LogP contribution < -0.4 is 0 Å². The van der Waals surface area contributed by atoms with E-state index in [1.807, 2.05) is 41.9 Å². The van der Waals surface area contributed by atoms with Gasteiger partial charge in [0.05, 0.1) is 18.0 Å². The lowest BCUT2D eigenvalue weighted by Crippen LogP contribution is -1.99. The summed E-state index contributed by atoms with van der Waals surface area (Å²) >= 11 is 0. The van der Waals surface area contributed by atoms with Crippen molar-refractivity contribution in [2.24, 2.45) is 0 Å². The van der Waals surface area contributed by atoms with Gasteiger partial charge in [0.25, 0.3) is 0 Å². The van der Waals surface area contributed by atoms with Gasteiger partial charge in [0.2, 0.25) is 0 Å². The van der Waals surface area contributed by atoms with Gasteiger partial charge in [-0.1, -0.05) is 6.07 Å². The van der Waals surface area contributed by atoms with Crippen LogP contribution in [0.1, 0.15) is 18.7 Å². The molecular formula is C10H12N2O. The topological polar surface area (TPSA) is 26.5 Å². The highest BCUT2D eigenvalue weighted by atomic mass is 16.5. The lowest BCUT2D eigenvalue weighted by atomic mass is 10.3. The molecule has 0 saturated carbocycles. The third kappa shape index (κ3) is 1.31. The van der Waals surface area contributed by atoms with E-state index in [0.29, 0.717) is 0 Å². The summed E-state index contributed by atoms with van der Waals surface area (Å²) in [5, 5.41) is 0. The van der Waals surface area contributed by atoms with Crippen molar-refractivity contribution >= 4 is 5.65 Å². The van der Waals surface area contributed by atoms with Crippen molar-refractivity contribution < 1.29 is 4.74 Å². The Morgan fingerprint density at radius 2 is 2.31 bits per heavy atom. The first-order valence-electron chi connectivity index (χ1n) is 4.27. The summed E-state index contributed by atoms with van der Waals surface area (Å²) in [6.45, 7) is 2.01. The van der Waals surface area contributed by atoms with Crippen molar-refractivity contribution in [3.63, 3.8) is 0 Å². The standard InChI is InChI=1S/C10H12N2O/c1-8(13-2)9-7-11-10-5-3-4-6-12(9)10/h3-8H,1-2H3. The van der Waals surface area contributed by atoms with Crippen LogP contribution in [0.5, 0.6) is 0 Å². The van der Waals surface area contributed by atoms with Gasteiger partial charge >= 0.3 is 0 Å². The van der Waals surface area contributed by atoms with Gasteiger partial charge < -0.3 is 9.14 Å². The van der Waals surface area contributed by atoms with Crippen LogP contribution >= 0.6 is 0 Å². The van der Waals surface area contributed by atoms with Gasteiger partial charge in [0, 0.05) is 13.3 Å². The molecule has 0 aliphatic heterocycles. The van der Waals surface area contributed by atoms with Crippen LogP contribution in [0.2, 0.25) is 0 Å². The van der Waals surface area contributed by atoms with E-state index in [9.17, 15) is 0 Å². The molecule has 0 spiro atoms. The maximum absolute atomic E-state index is 5.24. The fourth-order valence-electron chi connectivity index (χ4n) is 1.37. The van der Waals surface area contributed by atoms with Crippen LogP contribution in [-0.4, -0.2) is 16.5 Å². The van der Waals surface area contributed by atoms with Crippen molar-refractivity contribution in [3.05, 3.63) is 36.3 Å². The van der Waals surface area contributed by atoms with E-state index in [-0.39, 0.29) is 6.10 Å². The first-order chi connectivity index (χ1) is 6.33. The molecule has 3 nitrogen and oxygen atoms in total. The summed E-state index contributed by atoms with van der Waals surface area (Å²) < 4.78 is 7.28. The zero-order valence-electron chi connectivity index (χ0n) is 7.77. The Hall–Kier alpha value is -1.35. The number of aromatic nitrogens is 2. The summed E-state index contributed by atoms with van der Waals surface area (Å²) in [5.41, 5.74) is 2.04. The maximum atomic E-state index is 5.24. The van der Waals surface area contributed by atoms with Gasteiger partial charge in [-0.05, 0) is 19.1 Å². The van der Waals surface area contributed by atoms with Gasteiger partial charge in [-0.15, -0.1) is 0 Å². The Kier molecular flexibility index (Phi) is 2.02. The van der Waals surface area contributed by atoms with Crippen molar-refractivity contribution in [1.29, 1.82) is 0 Å². The number of pyridine rings is 1. The van der Waals surface area contributed by atoms with Gasteiger partial charge in [-0.2, -0.15) is 0 Å². The third-order valence-corrected chi connectivity index (χ3v) is 2.22. The van der Waals surface area contributed by atoms with E-state index in [2.05, 4.69) is 4.98 Å². The van der Waals surface area contributed by atoms with Crippen molar-refractivity contribution in [3.8, 4) is 0 Å². The molecule has 2 rings (SSSR count). The molecule has 0 aliphatic rings. The van der Waals surface area contributed by atoms with Crippen LogP contribution in [-0.2, 0) is 4.74 Å². The minimum atomic E-state index is 0.0809. The zero-order valence-corrected chi connectivity index (χ0v) is 7.77.